The molecule has 2 amide bonds. The summed E-state index contributed by atoms with van der Waals surface area (Å²) in [7, 11) is 1.69. The number of hydrogen-bond donors (Lipinski definition) is 1. The SMILES string of the molecule is COC1CCN(C(=O)N2C(C(=O)O)CSC2C(C)C)CC1. The number of piperidine rings is 1. The van der Waals surface area contributed by atoms with Crippen molar-refractivity contribution in [1.29, 1.82) is 0 Å². The normalized spacial score (nSPS) is 27.4. The molecule has 2 rings (SSSR count). The first kappa shape index (κ1) is 16.4. The van der Waals surface area contributed by atoms with E-state index in [0.717, 1.165) is 12.8 Å². The molecule has 120 valence electrons. The van der Waals surface area contributed by atoms with Crippen LogP contribution in [0.1, 0.15) is 26.7 Å². The number of nitrogens with zero attached hydrogens (tertiary/aromatic N) is 2. The molecule has 2 fully saturated rings. The highest BCUT2D eigenvalue weighted by Crippen LogP contribution is 2.35. The monoisotopic (exact) mass is 316 g/mol. The lowest BCUT2D eigenvalue weighted by molar-refractivity contribution is -0.141. The summed E-state index contributed by atoms with van der Waals surface area (Å²) in [6, 6.07) is -0.851. The molecule has 0 radical (unpaired) electrons. The van der Waals surface area contributed by atoms with Crippen molar-refractivity contribution < 1.29 is 19.4 Å². The van der Waals surface area contributed by atoms with Gasteiger partial charge in [0.15, 0.2) is 0 Å². The lowest BCUT2D eigenvalue weighted by Gasteiger charge is -2.38. The van der Waals surface area contributed by atoms with Crippen molar-refractivity contribution in [2.75, 3.05) is 26.0 Å². The molecule has 2 aliphatic heterocycles. The summed E-state index contributed by atoms with van der Waals surface area (Å²) >= 11 is 1.57. The Balaban J connectivity index is 2.08. The van der Waals surface area contributed by atoms with Gasteiger partial charge in [-0.1, -0.05) is 13.8 Å². The molecule has 0 aliphatic carbocycles. The van der Waals surface area contributed by atoms with Gasteiger partial charge in [-0.05, 0) is 18.8 Å². The van der Waals surface area contributed by atoms with E-state index in [2.05, 4.69) is 0 Å². The summed E-state index contributed by atoms with van der Waals surface area (Å²) in [5, 5.41) is 9.31. The Bertz CT molecular complexity index is 396. The van der Waals surface area contributed by atoms with E-state index < -0.39 is 12.0 Å². The molecule has 0 saturated carbocycles. The second kappa shape index (κ2) is 6.87. The maximum absolute atomic E-state index is 12.8. The predicted molar refractivity (Wildman–Crippen MR) is 81.3 cm³/mol. The van der Waals surface area contributed by atoms with E-state index in [0.29, 0.717) is 18.8 Å². The van der Waals surface area contributed by atoms with Crippen LogP contribution in [0.2, 0.25) is 0 Å². The number of carbonyl (C=O) groups is 2. The summed E-state index contributed by atoms with van der Waals surface area (Å²) in [4.78, 5) is 27.5. The van der Waals surface area contributed by atoms with Gasteiger partial charge in [0.1, 0.15) is 6.04 Å². The third-order valence-corrected chi connectivity index (χ3v) is 5.78. The first-order valence-electron chi connectivity index (χ1n) is 7.40. The van der Waals surface area contributed by atoms with Crippen LogP contribution in [0.3, 0.4) is 0 Å². The number of methoxy groups -OCH3 is 1. The molecular formula is C14H24N2O4S. The molecule has 2 unspecified atom stereocenters. The number of likely N-dealkylation sites (tertiary alicyclic amines) is 1. The molecule has 0 aromatic carbocycles. The van der Waals surface area contributed by atoms with Gasteiger partial charge in [-0.3, -0.25) is 4.90 Å². The zero-order valence-corrected chi connectivity index (χ0v) is 13.6. The minimum Gasteiger partial charge on any atom is -0.480 e. The van der Waals surface area contributed by atoms with Crippen LogP contribution in [0.25, 0.3) is 0 Å². The first-order valence-corrected chi connectivity index (χ1v) is 8.45. The number of thioether (sulfide) groups is 1. The Labute approximate surface area is 129 Å². The van der Waals surface area contributed by atoms with Gasteiger partial charge >= 0.3 is 12.0 Å². The topological polar surface area (TPSA) is 70.1 Å². The molecule has 21 heavy (non-hydrogen) atoms. The highest BCUT2D eigenvalue weighted by molar-refractivity contribution is 8.00. The Hall–Kier alpha value is -0.950. The van der Waals surface area contributed by atoms with Gasteiger partial charge in [0.05, 0.1) is 11.5 Å². The van der Waals surface area contributed by atoms with Gasteiger partial charge in [0.25, 0.3) is 0 Å². The average Bonchev–Trinajstić information content (AvgIpc) is 2.91. The lowest BCUT2D eigenvalue weighted by Crippen LogP contribution is -2.54. The Morgan fingerprint density at radius 3 is 2.38 bits per heavy atom. The molecule has 2 heterocycles. The second-order valence-electron chi connectivity index (χ2n) is 5.93. The fraction of sp³-hybridized carbons (Fsp3) is 0.857. The van der Waals surface area contributed by atoms with Gasteiger partial charge in [-0.15, -0.1) is 11.8 Å². The summed E-state index contributed by atoms with van der Waals surface area (Å²) in [6.45, 7) is 5.32. The zero-order chi connectivity index (χ0) is 15.6. The first-order chi connectivity index (χ1) is 9.95. The third-order valence-electron chi connectivity index (χ3n) is 4.16. The van der Waals surface area contributed by atoms with E-state index in [1.165, 1.54) is 0 Å². The van der Waals surface area contributed by atoms with Crippen LogP contribution < -0.4 is 0 Å². The van der Waals surface area contributed by atoms with Crippen LogP contribution in [-0.4, -0.2) is 70.4 Å². The van der Waals surface area contributed by atoms with Crippen molar-refractivity contribution in [3.05, 3.63) is 0 Å². The van der Waals surface area contributed by atoms with Gasteiger partial charge < -0.3 is 14.7 Å². The summed E-state index contributed by atoms with van der Waals surface area (Å²) in [5.41, 5.74) is 0. The van der Waals surface area contributed by atoms with Crippen LogP contribution in [0.5, 0.6) is 0 Å². The second-order valence-corrected chi connectivity index (χ2v) is 7.08. The van der Waals surface area contributed by atoms with Crippen LogP contribution in [0.4, 0.5) is 4.79 Å². The number of urea groups is 1. The van der Waals surface area contributed by atoms with Crippen molar-refractivity contribution in [3.8, 4) is 0 Å². The number of amides is 2. The fourth-order valence-electron chi connectivity index (χ4n) is 2.92. The molecule has 0 spiro atoms. The van der Waals surface area contributed by atoms with Gasteiger partial charge in [-0.2, -0.15) is 0 Å². The number of carbonyl (C=O) groups excluding carboxylic acids is 1. The van der Waals surface area contributed by atoms with Crippen LogP contribution in [0.15, 0.2) is 0 Å². The van der Waals surface area contributed by atoms with Gasteiger partial charge in [0, 0.05) is 26.0 Å². The minimum absolute atomic E-state index is 0.0567. The van der Waals surface area contributed by atoms with Crippen molar-refractivity contribution in [1.82, 2.24) is 9.80 Å². The van der Waals surface area contributed by atoms with E-state index >= 15 is 0 Å². The molecule has 2 saturated heterocycles. The molecule has 1 N–H and O–H groups in total. The molecule has 6 nitrogen and oxygen atoms in total. The molecule has 2 atom stereocenters. The number of carboxylic acid groups (broad SMARTS) is 1. The minimum atomic E-state index is -0.911. The summed E-state index contributed by atoms with van der Waals surface area (Å²) in [5.74, 6) is -0.205. The zero-order valence-electron chi connectivity index (χ0n) is 12.8. The molecule has 7 heteroatoms. The average molecular weight is 316 g/mol. The maximum atomic E-state index is 12.8. The van der Waals surface area contributed by atoms with Crippen molar-refractivity contribution in [2.45, 2.75) is 44.2 Å². The maximum Gasteiger partial charge on any atom is 0.327 e. The molecule has 0 aromatic heterocycles. The van der Waals surface area contributed by atoms with Crippen LogP contribution in [0, 0.1) is 5.92 Å². The number of rotatable bonds is 3. The fourth-order valence-corrected chi connectivity index (χ4v) is 4.39. The van der Waals surface area contributed by atoms with E-state index in [1.807, 2.05) is 13.8 Å². The number of carboxylic acids is 1. The molecule has 2 aliphatic rings. The largest absolute Gasteiger partial charge is 0.480 e. The van der Waals surface area contributed by atoms with Crippen LogP contribution >= 0.6 is 11.8 Å². The predicted octanol–water partition coefficient (Wildman–Crippen LogP) is 1.70. The third kappa shape index (κ3) is 3.45. The Morgan fingerprint density at radius 1 is 1.29 bits per heavy atom. The lowest BCUT2D eigenvalue weighted by atomic mass is 10.1. The van der Waals surface area contributed by atoms with E-state index in [4.69, 9.17) is 4.74 Å². The standard InChI is InChI=1S/C14H24N2O4S/c1-9(2)12-16(11(8-21-12)13(17)18)14(19)15-6-4-10(20-3)5-7-15/h9-12H,4-8H2,1-3H3,(H,17,18). The van der Waals surface area contributed by atoms with Crippen LogP contribution in [-0.2, 0) is 9.53 Å². The van der Waals surface area contributed by atoms with Crippen molar-refractivity contribution in [2.24, 2.45) is 5.92 Å². The highest BCUT2D eigenvalue weighted by atomic mass is 32.2. The number of aliphatic carboxylic acids is 1. The van der Waals surface area contributed by atoms with Gasteiger partial charge in [-0.25, -0.2) is 9.59 Å². The molecule has 0 bridgehead atoms. The summed E-state index contributed by atoms with van der Waals surface area (Å²) in [6.07, 6.45) is 1.83. The van der Waals surface area contributed by atoms with Crippen molar-refractivity contribution in [3.63, 3.8) is 0 Å². The Kier molecular flexibility index (Phi) is 5.37. The molecule has 0 aromatic rings. The summed E-state index contributed by atoms with van der Waals surface area (Å²) < 4.78 is 5.31. The number of hydrogen-bond acceptors (Lipinski definition) is 4. The van der Waals surface area contributed by atoms with E-state index in [-0.39, 0.29) is 23.4 Å². The number of ether oxygens (including phenoxy) is 1. The quantitative estimate of drug-likeness (QED) is 0.858. The van der Waals surface area contributed by atoms with E-state index in [9.17, 15) is 14.7 Å². The van der Waals surface area contributed by atoms with E-state index in [1.54, 1.807) is 28.7 Å². The van der Waals surface area contributed by atoms with Gasteiger partial charge in [0.2, 0.25) is 0 Å². The van der Waals surface area contributed by atoms with Crippen molar-refractivity contribution >= 4 is 23.8 Å². The smallest absolute Gasteiger partial charge is 0.327 e. The molecular weight excluding hydrogens is 292 g/mol. The Morgan fingerprint density at radius 2 is 1.90 bits per heavy atom. The highest BCUT2D eigenvalue weighted by Gasteiger charge is 2.44.